The molecule has 0 aliphatic rings. The number of ether oxygens (including phenoxy) is 1. The van der Waals surface area contributed by atoms with Crippen LogP contribution in [0, 0.1) is 0 Å². The van der Waals surface area contributed by atoms with Crippen LogP contribution in [0.25, 0.3) is 0 Å². The summed E-state index contributed by atoms with van der Waals surface area (Å²) in [5.74, 6) is 1.27. The van der Waals surface area contributed by atoms with Crippen molar-refractivity contribution >= 4 is 17.5 Å². The Morgan fingerprint density at radius 2 is 2.07 bits per heavy atom. The molecule has 1 aromatic heterocycles. The molecule has 1 N–H and O–H groups in total. The van der Waals surface area contributed by atoms with E-state index in [1.54, 1.807) is 0 Å². The molecule has 78 valence electrons. The van der Waals surface area contributed by atoms with Crippen LogP contribution >= 0.6 is 11.6 Å². The molecule has 0 unspecified atom stereocenters. The van der Waals surface area contributed by atoms with Crippen LogP contribution < -0.4 is 10.1 Å². The van der Waals surface area contributed by atoms with Crippen LogP contribution in [0.3, 0.4) is 0 Å². The Balaban J connectivity index is 2.88. The maximum absolute atomic E-state index is 5.64. The summed E-state index contributed by atoms with van der Waals surface area (Å²) in [6.45, 7) is 5.11. The molecular weight excluding hydrogens is 204 g/mol. The van der Waals surface area contributed by atoms with Crippen LogP contribution in [-0.2, 0) is 5.88 Å². The molecule has 5 nitrogen and oxygen atoms in total. The average molecular weight is 217 g/mol. The van der Waals surface area contributed by atoms with E-state index in [4.69, 9.17) is 16.3 Å². The first-order chi connectivity index (χ1) is 6.80. The summed E-state index contributed by atoms with van der Waals surface area (Å²) in [6, 6.07) is 0.314. The predicted molar refractivity (Wildman–Crippen MR) is 54.7 cm³/mol. The molecule has 6 heteroatoms. The van der Waals surface area contributed by atoms with Gasteiger partial charge in [-0.3, -0.25) is 0 Å². The molecule has 0 saturated carbocycles. The van der Waals surface area contributed by atoms with E-state index in [0.29, 0.717) is 24.4 Å². The molecule has 1 aromatic rings. The standard InChI is InChI=1S/C8H13ClN4O/c1-3-10-7-11-6(5-9)12-8(13-7)14-4-2/h3-5H2,1-2H3,(H,10,11,12,13). The molecular formula is C8H13ClN4O. The number of rotatable bonds is 5. The highest BCUT2D eigenvalue weighted by atomic mass is 35.5. The second-order valence-corrected chi connectivity index (χ2v) is 2.72. The Labute approximate surface area is 87.9 Å². The normalized spacial score (nSPS) is 9.93. The van der Waals surface area contributed by atoms with Gasteiger partial charge in [-0.2, -0.15) is 15.0 Å². The molecule has 0 radical (unpaired) electrons. The minimum absolute atomic E-state index is 0.251. The van der Waals surface area contributed by atoms with Crippen molar-refractivity contribution in [3.8, 4) is 6.01 Å². The van der Waals surface area contributed by atoms with E-state index in [0.717, 1.165) is 6.54 Å². The summed E-state index contributed by atoms with van der Waals surface area (Å²) in [5.41, 5.74) is 0. The molecule has 1 rings (SSSR count). The van der Waals surface area contributed by atoms with Crippen molar-refractivity contribution in [1.82, 2.24) is 15.0 Å². The van der Waals surface area contributed by atoms with Crippen LogP contribution in [0.1, 0.15) is 19.7 Å². The highest BCUT2D eigenvalue weighted by Crippen LogP contribution is 2.08. The number of nitrogens with zero attached hydrogens (tertiary/aromatic N) is 3. The lowest BCUT2D eigenvalue weighted by molar-refractivity contribution is 0.311. The quantitative estimate of drug-likeness (QED) is 0.755. The second-order valence-electron chi connectivity index (χ2n) is 2.45. The summed E-state index contributed by atoms with van der Waals surface area (Å²) in [6.07, 6.45) is 0. The van der Waals surface area contributed by atoms with E-state index in [9.17, 15) is 0 Å². The molecule has 0 spiro atoms. The van der Waals surface area contributed by atoms with Gasteiger partial charge < -0.3 is 10.1 Å². The highest BCUT2D eigenvalue weighted by Gasteiger charge is 2.05. The number of anilines is 1. The third-order valence-corrected chi connectivity index (χ3v) is 1.63. The van der Waals surface area contributed by atoms with Gasteiger partial charge in [-0.1, -0.05) is 0 Å². The first-order valence-corrected chi connectivity index (χ1v) is 5.01. The van der Waals surface area contributed by atoms with Gasteiger partial charge in [0, 0.05) is 6.54 Å². The van der Waals surface area contributed by atoms with Gasteiger partial charge in [0.2, 0.25) is 5.95 Å². The smallest absolute Gasteiger partial charge is 0.321 e. The Morgan fingerprint density at radius 3 is 2.64 bits per heavy atom. The molecule has 0 amide bonds. The van der Waals surface area contributed by atoms with Gasteiger partial charge in [0.15, 0.2) is 5.82 Å². The molecule has 0 fully saturated rings. The largest absolute Gasteiger partial charge is 0.464 e. The van der Waals surface area contributed by atoms with Gasteiger partial charge in [0.1, 0.15) is 0 Å². The van der Waals surface area contributed by atoms with Crippen molar-refractivity contribution in [3.05, 3.63) is 5.82 Å². The fourth-order valence-corrected chi connectivity index (χ4v) is 1.01. The maximum atomic E-state index is 5.64. The van der Waals surface area contributed by atoms with Crippen LogP contribution in [0.5, 0.6) is 6.01 Å². The Hall–Kier alpha value is -1.10. The van der Waals surface area contributed by atoms with Crippen molar-refractivity contribution in [2.45, 2.75) is 19.7 Å². The Kier molecular flexibility index (Phi) is 4.39. The number of halogens is 1. The first kappa shape index (κ1) is 11.0. The number of alkyl halides is 1. The fraction of sp³-hybridized carbons (Fsp3) is 0.625. The molecule has 0 aliphatic carbocycles. The van der Waals surface area contributed by atoms with Gasteiger partial charge in [-0.15, -0.1) is 11.6 Å². The van der Waals surface area contributed by atoms with E-state index in [-0.39, 0.29) is 5.88 Å². The summed E-state index contributed by atoms with van der Waals surface area (Å²) < 4.78 is 5.17. The van der Waals surface area contributed by atoms with E-state index in [2.05, 4.69) is 20.3 Å². The molecule has 0 aliphatic heterocycles. The molecule has 0 atom stereocenters. The van der Waals surface area contributed by atoms with Crippen molar-refractivity contribution in [2.75, 3.05) is 18.5 Å². The lowest BCUT2D eigenvalue weighted by Gasteiger charge is -2.05. The van der Waals surface area contributed by atoms with Crippen molar-refractivity contribution in [1.29, 1.82) is 0 Å². The molecule has 0 saturated heterocycles. The zero-order valence-electron chi connectivity index (χ0n) is 8.25. The predicted octanol–water partition coefficient (Wildman–Crippen LogP) is 1.44. The SMILES string of the molecule is CCNc1nc(CCl)nc(OCC)n1. The van der Waals surface area contributed by atoms with Gasteiger partial charge in [-0.05, 0) is 13.8 Å². The number of hydrogen-bond acceptors (Lipinski definition) is 5. The third-order valence-electron chi connectivity index (χ3n) is 1.39. The van der Waals surface area contributed by atoms with Crippen molar-refractivity contribution < 1.29 is 4.74 Å². The lowest BCUT2D eigenvalue weighted by atomic mass is 10.6. The van der Waals surface area contributed by atoms with Crippen LogP contribution in [-0.4, -0.2) is 28.1 Å². The molecule has 14 heavy (non-hydrogen) atoms. The van der Waals surface area contributed by atoms with Gasteiger partial charge in [-0.25, -0.2) is 0 Å². The van der Waals surface area contributed by atoms with Gasteiger partial charge in [0.05, 0.1) is 12.5 Å². The van der Waals surface area contributed by atoms with E-state index < -0.39 is 0 Å². The third kappa shape index (κ3) is 2.99. The van der Waals surface area contributed by atoms with Crippen molar-refractivity contribution in [3.63, 3.8) is 0 Å². The summed E-state index contributed by atoms with van der Waals surface area (Å²) in [4.78, 5) is 12.1. The minimum Gasteiger partial charge on any atom is -0.464 e. The van der Waals surface area contributed by atoms with E-state index >= 15 is 0 Å². The first-order valence-electron chi connectivity index (χ1n) is 4.47. The topological polar surface area (TPSA) is 59.9 Å². The molecule has 1 heterocycles. The number of nitrogens with one attached hydrogen (secondary N) is 1. The molecule has 0 aromatic carbocycles. The summed E-state index contributed by atoms with van der Waals surface area (Å²) in [7, 11) is 0. The number of aromatic nitrogens is 3. The average Bonchev–Trinajstić information content (AvgIpc) is 2.18. The lowest BCUT2D eigenvalue weighted by Crippen LogP contribution is -2.08. The fourth-order valence-electron chi connectivity index (χ4n) is 0.889. The highest BCUT2D eigenvalue weighted by molar-refractivity contribution is 6.16. The maximum Gasteiger partial charge on any atom is 0.321 e. The van der Waals surface area contributed by atoms with Crippen molar-refractivity contribution in [2.24, 2.45) is 0 Å². The molecule has 0 bridgehead atoms. The Bertz CT molecular complexity index is 270. The number of hydrogen-bond donors (Lipinski definition) is 1. The van der Waals surface area contributed by atoms with Crippen LogP contribution in [0.4, 0.5) is 5.95 Å². The van der Waals surface area contributed by atoms with Gasteiger partial charge >= 0.3 is 6.01 Å². The van der Waals surface area contributed by atoms with Crippen LogP contribution in [0.15, 0.2) is 0 Å². The Morgan fingerprint density at radius 1 is 1.29 bits per heavy atom. The van der Waals surface area contributed by atoms with E-state index in [1.165, 1.54) is 0 Å². The zero-order valence-corrected chi connectivity index (χ0v) is 9.01. The van der Waals surface area contributed by atoms with Gasteiger partial charge in [0.25, 0.3) is 0 Å². The second kappa shape index (κ2) is 5.59. The monoisotopic (exact) mass is 216 g/mol. The summed E-state index contributed by atoms with van der Waals surface area (Å²) in [5, 5.41) is 2.98. The zero-order chi connectivity index (χ0) is 10.4. The minimum atomic E-state index is 0.251. The van der Waals surface area contributed by atoms with Crippen LogP contribution in [0.2, 0.25) is 0 Å². The van der Waals surface area contributed by atoms with E-state index in [1.807, 2.05) is 13.8 Å². The summed E-state index contributed by atoms with van der Waals surface area (Å²) >= 11 is 5.64.